The van der Waals surface area contributed by atoms with Crippen LogP contribution >= 0.6 is 0 Å². The summed E-state index contributed by atoms with van der Waals surface area (Å²) in [6.45, 7) is 6.31. The van der Waals surface area contributed by atoms with Gasteiger partial charge in [-0.15, -0.1) is 0 Å². The van der Waals surface area contributed by atoms with E-state index in [2.05, 4.69) is 38.2 Å². The van der Waals surface area contributed by atoms with Crippen LogP contribution in [0.1, 0.15) is 31.9 Å². The lowest BCUT2D eigenvalue weighted by Crippen LogP contribution is -2.40. The third kappa shape index (κ3) is 4.05. The van der Waals surface area contributed by atoms with Gasteiger partial charge in [0.2, 0.25) is 0 Å². The Morgan fingerprint density at radius 1 is 1.29 bits per heavy atom. The van der Waals surface area contributed by atoms with Crippen molar-refractivity contribution in [3.05, 3.63) is 29.8 Å². The van der Waals surface area contributed by atoms with E-state index >= 15 is 0 Å². The van der Waals surface area contributed by atoms with Crippen molar-refractivity contribution >= 4 is 9.84 Å². The van der Waals surface area contributed by atoms with Gasteiger partial charge in [-0.1, -0.05) is 32.0 Å². The molecule has 1 atom stereocenters. The van der Waals surface area contributed by atoms with Gasteiger partial charge in [0.25, 0.3) is 0 Å². The van der Waals surface area contributed by atoms with Crippen LogP contribution in [0.3, 0.4) is 0 Å². The molecule has 0 amide bonds. The van der Waals surface area contributed by atoms with Crippen molar-refractivity contribution in [2.45, 2.75) is 31.2 Å². The standard InChI is InChI=1S/C16H26N2O2S/c1-16(2,12-18(3)4)11-17-14-9-10-21(19,20)15-8-6-5-7-13(14)15/h5-8,14,17H,9-12H2,1-4H3. The Bertz CT molecular complexity index is 594. The fourth-order valence-electron chi connectivity index (χ4n) is 3.11. The van der Waals surface area contributed by atoms with Crippen LogP contribution in [-0.2, 0) is 9.84 Å². The van der Waals surface area contributed by atoms with Crippen molar-refractivity contribution < 1.29 is 8.42 Å². The van der Waals surface area contributed by atoms with Gasteiger partial charge in [0.05, 0.1) is 10.6 Å². The fourth-order valence-corrected chi connectivity index (χ4v) is 4.73. The van der Waals surface area contributed by atoms with Crippen molar-refractivity contribution in [1.82, 2.24) is 10.2 Å². The van der Waals surface area contributed by atoms with Gasteiger partial charge < -0.3 is 10.2 Å². The molecular formula is C16H26N2O2S. The van der Waals surface area contributed by atoms with Gasteiger partial charge in [-0.3, -0.25) is 0 Å². The molecule has 0 bridgehead atoms. The van der Waals surface area contributed by atoms with Crippen molar-refractivity contribution in [2.24, 2.45) is 5.41 Å². The van der Waals surface area contributed by atoms with Crippen LogP contribution in [0.5, 0.6) is 0 Å². The zero-order valence-electron chi connectivity index (χ0n) is 13.4. The monoisotopic (exact) mass is 310 g/mol. The van der Waals surface area contributed by atoms with Gasteiger partial charge in [-0.05, 0) is 37.6 Å². The molecule has 0 aromatic heterocycles. The summed E-state index contributed by atoms with van der Waals surface area (Å²) in [5.74, 6) is 0.232. The minimum absolute atomic E-state index is 0.131. The molecule has 1 heterocycles. The molecule has 0 fully saturated rings. The zero-order valence-corrected chi connectivity index (χ0v) is 14.2. The molecule has 1 aromatic carbocycles. The van der Waals surface area contributed by atoms with Crippen molar-refractivity contribution in [2.75, 3.05) is 32.9 Å². The normalized spacial score (nSPS) is 21.3. The van der Waals surface area contributed by atoms with Crippen LogP contribution in [0.25, 0.3) is 0 Å². The predicted molar refractivity (Wildman–Crippen MR) is 86.2 cm³/mol. The molecule has 1 N–H and O–H groups in total. The lowest BCUT2D eigenvalue weighted by atomic mass is 9.91. The predicted octanol–water partition coefficient (Wildman–Crippen LogP) is 2.08. The molecule has 1 unspecified atom stereocenters. The second-order valence-electron chi connectivity index (χ2n) is 6.98. The average molecular weight is 310 g/mol. The van der Waals surface area contributed by atoms with Gasteiger partial charge >= 0.3 is 0 Å². The summed E-state index contributed by atoms with van der Waals surface area (Å²) >= 11 is 0. The molecule has 2 rings (SSSR count). The highest BCUT2D eigenvalue weighted by molar-refractivity contribution is 7.91. The molecule has 118 valence electrons. The number of benzene rings is 1. The fraction of sp³-hybridized carbons (Fsp3) is 0.625. The lowest BCUT2D eigenvalue weighted by Gasteiger charge is -2.33. The maximum Gasteiger partial charge on any atom is 0.178 e. The van der Waals surface area contributed by atoms with Crippen LogP contribution < -0.4 is 5.32 Å². The summed E-state index contributed by atoms with van der Waals surface area (Å²) in [7, 11) is 1.05. The van der Waals surface area contributed by atoms with E-state index in [0.717, 1.165) is 18.7 Å². The smallest absolute Gasteiger partial charge is 0.178 e. The third-order valence-electron chi connectivity index (χ3n) is 3.88. The first-order valence-electron chi connectivity index (χ1n) is 7.41. The third-order valence-corrected chi connectivity index (χ3v) is 5.69. The van der Waals surface area contributed by atoms with Gasteiger partial charge in [0, 0.05) is 19.1 Å². The molecule has 0 radical (unpaired) electrons. The number of hydrogen-bond donors (Lipinski definition) is 1. The Hall–Kier alpha value is -0.910. The van der Waals surface area contributed by atoms with Gasteiger partial charge in [0.15, 0.2) is 9.84 Å². The van der Waals surface area contributed by atoms with Crippen molar-refractivity contribution in [3.8, 4) is 0 Å². The van der Waals surface area contributed by atoms with Gasteiger partial charge in [-0.25, -0.2) is 8.42 Å². The minimum atomic E-state index is -3.10. The Morgan fingerprint density at radius 3 is 2.62 bits per heavy atom. The van der Waals surface area contributed by atoms with E-state index in [1.165, 1.54) is 0 Å². The quantitative estimate of drug-likeness (QED) is 0.905. The van der Waals surface area contributed by atoms with E-state index in [1.54, 1.807) is 12.1 Å². The molecule has 0 saturated heterocycles. The van der Waals surface area contributed by atoms with Crippen molar-refractivity contribution in [3.63, 3.8) is 0 Å². The Balaban J connectivity index is 2.13. The number of sulfone groups is 1. The molecular weight excluding hydrogens is 284 g/mol. The SMILES string of the molecule is CN(C)CC(C)(C)CNC1CCS(=O)(=O)c2ccccc21. The Kier molecular flexibility index (Phi) is 4.76. The molecule has 21 heavy (non-hydrogen) atoms. The molecule has 0 saturated carbocycles. The average Bonchev–Trinajstić information content (AvgIpc) is 2.36. The summed E-state index contributed by atoms with van der Waals surface area (Å²) in [6, 6.07) is 7.51. The van der Waals surface area contributed by atoms with E-state index in [0.29, 0.717) is 11.3 Å². The highest BCUT2D eigenvalue weighted by Crippen LogP contribution is 2.32. The van der Waals surface area contributed by atoms with E-state index in [1.807, 2.05) is 12.1 Å². The molecule has 0 spiro atoms. The van der Waals surface area contributed by atoms with Crippen LogP contribution in [0.2, 0.25) is 0 Å². The minimum Gasteiger partial charge on any atom is -0.309 e. The van der Waals surface area contributed by atoms with Gasteiger partial charge in [-0.2, -0.15) is 0 Å². The largest absolute Gasteiger partial charge is 0.309 e. The molecule has 1 aromatic rings. The summed E-state index contributed by atoms with van der Waals surface area (Å²) in [5, 5.41) is 3.57. The van der Waals surface area contributed by atoms with Crippen LogP contribution in [-0.4, -0.2) is 46.3 Å². The maximum absolute atomic E-state index is 12.1. The number of rotatable bonds is 5. The lowest BCUT2D eigenvalue weighted by molar-refractivity contribution is 0.224. The Morgan fingerprint density at radius 2 is 1.95 bits per heavy atom. The topological polar surface area (TPSA) is 49.4 Å². The highest BCUT2D eigenvalue weighted by Gasteiger charge is 2.30. The molecule has 4 nitrogen and oxygen atoms in total. The second kappa shape index (κ2) is 6.07. The first-order valence-corrected chi connectivity index (χ1v) is 9.06. The van der Waals surface area contributed by atoms with Crippen LogP contribution in [0.4, 0.5) is 0 Å². The van der Waals surface area contributed by atoms with E-state index in [4.69, 9.17) is 0 Å². The number of hydrogen-bond acceptors (Lipinski definition) is 4. The molecule has 0 aliphatic carbocycles. The number of nitrogens with zero attached hydrogens (tertiary/aromatic N) is 1. The van der Waals surface area contributed by atoms with Crippen LogP contribution in [0, 0.1) is 5.41 Å². The van der Waals surface area contributed by atoms with E-state index < -0.39 is 9.84 Å². The van der Waals surface area contributed by atoms with Gasteiger partial charge in [0.1, 0.15) is 0 Å². The van der Waals surface area contributed by atoms with E-state index in [-0.39, 0.29) is 17.2 Å². The summed E-state index contributed by atoms with van der Waals surface area (Å²) in [4.78, 5) is 2.68. The Labute approximate surface area is 128 Å². The first-order chi connectivity index (χ1) is 9.71. The number of fused-ring (bicyclic) bond motifs is 1. The maximum atomic E-state index is 12.1. The first kappa shape index (κ1) is 16.5. The summed E-state index contributed by atoms with van der Waals surface area (Å²) in [5.41, 5.74) is 1.07. The summed E-state index contributed by atoms with van der Waals surface area (Å²) in [6.07, 6.45) is 0.650. The highest BCUT2D eigenvalue weighted by atomic mass is 32.2. The zero-order chi connectivity index (χ0) is 15.7. The molecule has 5 heteroatoms. The number of nitrogens with one attached hydrogen (secondary N) is 1. The summed E-state index contributed by atoms with van der Waals surface area (Å²) < 4.78 is 24.3. The van der Waals surface area contributed by atoms with Crippen LogP contribution in [0.15, 0.2) is 29.2 Å². The molecule has 1 aliphatic heterocycles. The second-order valence-corrected chi connectivity index (χ2v) is 9.06. The van der Waals surface area contributed by atoms with Crippen molar-refractivity contribution in [1.29, 1.82) is 0 Å². The molecule has 1 aliphatic rings. The van der Waals surface area contributed by atoms with E-state index in [9.17, 15) is 8.42 Å².